The number of benzene rings is 2. The average molecular weight is 363 g/mol. The summed E-state index contributed by atoms with van der Waals surface area (Å²) in [5, 5.41) is 6.08. The zero-order valence-corrected chi connectivity index (χ0v) is 15.4. The van der Waals surface area contributed by atoms with Gasteiger partial charge in [-0.25, -0.2) is 0 Å². The maximum Gasteiger partial charge on any atom is 0.257 e. The number of ether oxygens (including phenoxy) is 2. The molecule has 0 bridgehead atoms. The first-order valence-corrected chi connectivity index (χ1v) is 8.41. The zero-order valence-electron chi connectivity index (χ0n) is 15.4. The Bertz CT molecular complexity index is 940. The third-order valence-corrected chi connectivity index (χ3v) is 4.00. The number of pyridine rings is 1. The molecule has 0 aliphatic heterocycles. The smallest absolute Gasteiger partial charge is 0.257 e. The third-order valence-electron chi connectivity index (χ3n) is 4.00. The van der Waals surface area contributed by atoms with Crippen LogP contribution in [0.5, 0.6) is 11.5 Å². The number of amides is 1. The molecular weight excluding hydrogens is 342 g/mol. The van der Waals surface area contributed by atoms with E-state index < -0.39 is 0 Å². The predicted octanol–water partition coefficient (Wildman–Crippen LogP) is 4.40. The molecule has 0 saturated heterocycles. The quantitative estimate of drug-likeness (QED) is 0.679. The molecule has 0 aliphatic carbocycles. The van der Waals surface area contributed by atoms with Crippen molar-refractivity contribution in [2.24, 2.45) is 0 Å². The van der Waals surface area contributed by atoms with E-state index in [9.17, 15) is 4.79 Å². The molecule has 6 heteroatoms. The molecule has 0 spiro atoms. The van der Waals surface area contributed by atoms with Gasteiger partial charge in [-0.3, -0.25) is 9.78 Å². The van der Waals surface area contributed by atoms with Gasteiger partial charge in [0.1, 0.15) is 11.5 Å². The minimum atomic E-state index is -0.279. The minimum Gasteiger partial charge on any atom is -0.497 e. The van der Waals surface area contributed by atoms with Gasteiger partial charge in [-0.2, -0.15) is 0 Å². The molecule has 138 valence electrons. The van der Waals surface area contributed by atoms with Gasteiger partial charge in [0, 0.05) is 18.0 Å². The van der Waals surface area contributed by atoms with Crippen LogP contribution in [0.3, 0.4) is 0 Å². The van der Waals surface area contributed by atoms with Gasteiger partial charge >= 0.3 is 0 Å². The van der Waals surface area contributed by atoms with E-state index in [2.05, 4.69) is 15.6 Å². The van der Waals surface area contributed by atoms with Crippen LogP contribution in [0.25, 0.3) is 0 Å². The molecule has 1 aromatic heterocycles. The molecule has 0 unspecified atom stereocenters. The first-order chi connectivity index (χ1) is 13.1. The number of rotatable bonds is 6. The van der Waals surface area contributed by atoms with E-state index in [0.29, 0.717) is 22.7 Å². The van der Waals surface area contributed by atoms with Gasteiger partial charge in [0.25, 0.3) is 5.91 Å². The summed E-state index contributed by atoms with van der Waals surface area (Å²) in [6.45, 7) is 2.03. The second kappa shape index (κ2) is 8.23. The van der Waals surface area contributed by atoms with Crippen LogP contribution in [0.2, 0.25) is 0 Å². The van der Waals surface area contributed by atoms with E-state index in [0.717, 1.165) is 11.4 Å². The summed E-state index contributed by atoms with van der Waals surface area (Å²) in [4.78, 5) is 16.8. The van der Waals surface area contributed by atoms with Crippen LogP contribution in [0.1, 0.15) is 15.9 Å². The van der Waals surface area contributed by atoms with E-state index >= 15 is 0 Å². The minimum absolute atomic E-state index is 0.279. The number of hydrogen-bond donors (Lipinski definition) is 2. The van der Waals surface area contributed by atoms with Crippen LogP contribution in [0, 0.1) is 6.92 Å². The van der Waals surface area contributed by atoms with Crippen LogP contribution in [0.4, 0.5) is 17.1 Å². The zero-order chi connectivity index (χ0) is 19.2. The monoisotopic (exact) mass is 363 g/mol. The molecular formula is C21H21N3O3. The Morgan fingerprint density at radius 2 is 1.70 bits per heavy atom. The summed E-state index contributed by atoms with van der Waals surface area (Å²) in [5.74, 6) is 0.888. The Kier molecular flexibility index (Phi) is 5.56. The molecule has 27 heavy (non-hydrogen) atoms. The summed E-state index contributed by atoms with van der Waals surface area (Å²) in [7, 11) is 3.11. The maximum atomic E-state index is 12.6. The Morgan fingerprint density at radius 3 is 2.41 bits per heavy atom. The highest BCUT2D eigenvalue weighted by Crippen LogP contribution is 2.29. The average Bonchev–Trinajstić information content (AvgIpc) is 2.70. The fourth-order valence-electron chi connectivity index (χ4n) is 2.53. The SMILES string of the molecule is COc1ccc(NC(=O)c2cncc(Nc3ccc(C)cc3)c2)c(OC)c1. The number of nitrogens with one attached hydrogen (secondary N) is 2. The molecule has 0 aliphatic rings. The van der Waals surface area contributed by atoms with E-state index in [4.69, 9.17) is 9.47 Å². The normalized spacial score (nSPS) is 10.2. The number of aryl methyl sites for hydroxylation is 1. The second-order valence-corrected chi connectivity index (χ2v) is 5.97. The van der Waals surface area contributed by atoms with Gasteiger partial charge < -0.3 is 20.1 Å². The van der Waals surface area contributed by atoms with Crippen LogP contribution in [-0.4, -0.2) is 25.1 Å². The van der Waals surface area contributed by atoms with Crippen molar-refractivity contribution in [3.05, 3.63) is 72.1 Å². The van der Waals surface area contributed by atoms with Crippen molar-refractivity contribution in [3.8, 4) is 11.5 Å². The van der Waals surface area contributed by atoms with Crippen molar-refractivity contribution in [1.82, 2.24) is 4.98 Å². The van der Waals surface area contributed by atoms with E-state index in [1.54, 1.807) is 37.6 Å². The molecule has 3 rings (SSSR count). The fraction of sp³-hybridized carbons (Fsp3) is 0.143. The molecule has 0 radical (unpaired) electrons. The van der Waals surface area contributed by atoms with E-state index in [1.165, 1.54) is 18.9 Å². The van der Waals surface area contributed by atoms with Gasteiger partial charge in [-0.05, 0) is 37.3 Å². The Morgan fingerprint density at radius 1 is 0.926 bits per heavy atom. The second-order valence-electron chi connectivity index (χ2n) is 5.97. The van der Waals surface area contributed by atoms with Crippen molar-refractivity contribution in [2.45, 2.75) is 6.92 Å². The molecule has 1 amide bonds. The number of carbonyl (C=O) groups is 1. The van der Waals surface area contributed by atoms with Gasteiger partial charge in [0.2, 0.25) is 0 Å². The first kappa shape index (κ1) is 18.3. The Hall–Kier alpha value is -3.54. The molecule has 6 nitrogen and oxygen atoms in total. The van der Waals surface area contributed by atoms with Crippen molar-refractivity contribution in [1.29, 1.82) is 0 Å². The van der Waals surface area contributed by atoms with Crippen LogP contribution >= 0.6 is 0 Å². The topological polar surface area (TPSA) is 72.5 Å². The van der Waals surface area contributed by atoms with Crippen molar-refractivity contribution < 1.29 is 14.3 Å². The van der Waals surface area contributed by atoms with Crippen LogP contribution in [0.15, 0.2) is 60.9 Å². The van der Waals surface area contributed by atoms with E-state index in [1.807, 2.05) is 31.2 Å². The molecule has 2 N–H and O–H groups in total. The summed E-state index contributed by atoms with van der Waals surface area (Å²) >= 11 is 0. The van der Waals surface area contributed by atoms with E-state index in [-0.39, 0.29) is 5.91 Å². The summed E-state index contributed by atoms with van der Waals surface area (Å²) < 4.78 is 10.5. The lowest BCUT2D eigenvalue weighted by Gasteiger charge is -2.12. The Balaban J connectivity index is 1.76. The van der Waals surface area contributed by atoms with Crippen molar-refractivity contribution in [3.63, 3.8) is 0 Å². The van der Waals surface area contributed by atoms with Gasteiger partial charge in [0.05, 0.1) is 37.4 Å². The highest BCUT2D eigenvalue weighted by atomic mass is 16.5. The summed E-state index contributed by atoms with van der Waals surface area (Å²) in [6.07, 6.45) is 3.19. The molecule has 0 saturated carbocycles. The largest absolute Gasteiger partial charge is 0.497 e. The van der Waals surface area contributed by atoms with Crippen molar-refractivity contribution >= 4 is 23.0 Å². The Labute approximate surface area is 158 Å². The van der Waals surface area contributed by atoms with Crippen LogP contribution < -0.4 is 20.1 Å². The molecule has 0 atom stereocenters. The number of carbonyl (C=O) groups excluding carboxylic acids is 1. The molecule has 3 aromatic rings. The van der Waals surface area contributed by atoms with Gasteiger partial charge in [-0.1, -0.05) is 17.7 Å². The fourth-order valence-corrected chi connectivity index (χ4v) is 2.53. The van der Waals surface area contributed by atoms with Crippen molar-refractivity contribution in [2.75, 3.05) is 24.9 Å². The van der Waals surface area contributed by atoms with Gasteiger partial charge in [0.15, 0.2) is 0 Å². The summed E-state index contributed by atoms with van der Waals surface area (Å²) in [5.41, 5.74) is 3.83. The number of aromatic nitrogens is 1. The lowest BCUT2D eigenvalue weighted by molar-refractivity contribution is 0.102. The molecule has 1 heterocycles. The van der Waals surface area contributed by atoms with Crippen LogP contribution in [-0.2, 0) is 0 Å². The summed E-state index contributed by atoms with van der Waals surface area (Å²) in [6, 6.07) is 14.9. The highest BCUT2D eigenvalue weighted by Gasteiger charge is 2.12. The first-order valence-electron chi connectivity index (χ1n) is 8.41. The number of hydrogen-bond acceptors (Lipinski definition) is 5. The number of methoxy groups -OCH3 is 2. The lowest BCUT2D eigenvalue weighted by Crippen LogP contribution is -2.13. The molecule has 2 aromatic carbocycles. The number of nitrogens with zero attached hydrogens (tertiary/aromatic N) is 1. The molecule has 0 fully saturated rings. The standard InChI is InChI=1S/C21H21N3O3/c1-14-4-6-16(7-5-14)23-17-10-15(12-22-13-17)21(25)24-19-9-8-18(26-2)11-20(19)27-3/h4-13,23H,1-3H3,(H,24,25). The highest BCUT2D eigenvalue weighted by molar-refractivity contribution is 6.05. The number of anilines is 3. The maximum absolute atomic E-state index is 12.6. The third kappa shape index (κ3) is 4.55. The lowest BCUT2D eigenvalue weighted by atomic mass is 10.2. The predicted molar refractivity (Wildman–Crippen MR) is 106 cm³/mol. The van der Waals surface area contributed by atoms with Gasteiger partial charge in [-0.15, -0.1) is 0 Å².